The number of ether oxygens (including phenoxy) is 3. The van der Waals surface area contributed by atoms with Gasteiger partial charge >= 0.3 is 5.97 Å². The predicted molar refractivity (Wildman–Crippen MR) is 187 cm³/mol. The third-order valence-corrected chi connectivity index (χ3v) is 10.6. The monoisotopic (exact) mass is 715 g/mol. The summed E-state index contributed by atoms with van der Waals surface area (Å²) < 4.78 is 17.2. The molecule has 0 saturated heterocycles. The molecule has 3 aliphatic carbocycles. The lowest BCUT2D eigenvalue weighted by Crippen LogP contribution is -2.51. The highest BCUT2D eigenvalue weighted by Gasteiger charge is 2.50. The number of carbonyl (C=O) groups excluding carboxylic acids is 4. The number of rotatable bonds is 12. The molecule has 3 aliphatic rings. The van der Waals surface area contributed by atoms with Gasteiger partial charge in [-0.25, -0.2) is 0 Å². The molecule has 52 heavy (non-hydrogen) atoms. The van der Waals surface area contributed by atoms with Crippen molar-refractivity contribution in [3.05, 3.63) is 87.5 Å². The molecule has 0 amide bonds. The fourth-order valence-electron chi connectivity index (χ4n) is 7.78. The number of nitrogens with one attached hydrogen (secondary N) is 1. The van der Waals surface area contributed by atoms with Crippen molar-refractivity contribution in [2.24, 2.45) is 5.92 Å². The van der Waals surface area contributed by atoms with E-state index < -0.39 is 95.3 Å². The van der Waals surface area contributed by atoms with Gasteiger partial charge in [0.1, 0.15) is 22.8 Å². The van der Waals surface area contributed by atoms with Gasteiger partial charge in [0.15, 0.2) is 12.4 Å². The number of phenolic OH excluding ortho intramolecular Hbond substituents is 2. The molecule has 0 aliphatic heterocycles. The maximum Gasteiger partial charge on any atom is 0.306 e. The van der Waals surface area contributed by atoms with Crippen LogP contribution in [0.4, 0.5) is 0 Å². The molecule has 12 heteroatoms. The van der Waals surface area contributed by atoms with E-state index in [1.165, 1.54) is 25.3 Å². The van der Waals surface area contributed by atoms with Crippen molar-refractivity contribution in [2.75, 3.05) is 13.7 Å². The Kier molecular flexibility index (Phi) is 10.8. The molecule has 0 bridgehead atoms. The Hall–Kier alpha value is -4.62. The van der Waals surface area contributed by atoms with E-state index in [-0.39, 0.29) is 40.3 Å². The van der Waals surface area contributed by atoms with Gasteiger partial charge in [0.25, 0.3) is 0 Å². The molecule has 6 atom stereocenters. The Morgan fingerprint density at radius 2 is 1.69 bits per heavy atom. The summed E-state index contributed by atoms with van der Waals surface area (Å²) in [7, 11) is 1.35. The van der Waals surface area contributed by atoms with Crippen LogP contribution >= 0.6 is 0 Å². The second-order valence-corrected chi connectivity index (χ2v) is 14.1. The number of phenols is 2. The van der Waals surface area contributed by atoms with E-state index in [2.05, 4.69) is 5.32 Å². The van der Waals surface area contributed by atoms with Crippen molar-refractivity contribution in [3.63, 3.8) is 0 Å². The van der Waals surface area contributed by atoms with Crippen LogP contribution in [-0.4, -0.2) is 81.3 Å². The van der Waals surface area contributed by atoms with Gasteiger partial charge in [-0.05, 0) is 36.8 Å². The van der Waals surface area contributed by atoms with Crippen molar-refractivity contribution in [1.29, 1.82) is 0 Å². The van der Waals surface area contributed by atoms with Crippen LogP contribution in [-0.2, 0) is 32.0 Å². The zero-order valence-corrected chi connectivity index (χ0v) is 29.5. The number of hydrogen-bond acceptors (Lipinski definition) is 12. The van der Waals surface area contributed by atoms with E-state index in [4.69, 9.17) is 14.2 Å². The number of esters is 1. The minimum atomic E-state index is -2.24. The van der Waals surface area contributed by atoms with Gasteiger partial charge in [-0.2, -0.15) is 0 Å². The quantitative estimate of drug-likeness (QED) is 0.104. The van der Waals surface area contributed by atoms with Gasteiger partial charge in [0.2, 0.25) is 11.6 Å². The van der Waals surface area contributed by atoms with E-state index in [9.17, 15) is 39.6 Å². The van der Waals surface area contributed by atoms with Crippen LogP contribution in [0.15, 0.2) is 48.5 Å². The number of aromatic hydroxyl groups is 2. The van der Waals surface area contributed by atoms with Crippen LogP contribution in [0.25, 0.3) is 0 Å². The number of ketones is 3. The molecule has 276 valence electrons. The zero-order valence-electron chi connectivity index (χ0n) is 29.5. The van der Waals surface area contributed by atoms with E-state index in [0.29, 0.717) is 25.8 Å². The third kappa shape index (κ3) is 6.95. The maximum atomic E-state index is 14.0. The van der Waals surface area contributed by atoms with Crippen molar-refractivity contribution in [1.82, 2.24) is 5.32 Å². The van der Waals surface area contributed by atoms with Gasteiger partial charge in [0.05, 0.1) is 42.1 Å². The molecule has 0 unspecified atom stereocenters. The summed E-state index contributed by atoms with van der Waals surface area (Å²) in [6, 6.07) is 13.7. The zero-order chi connectivity index (χ0) is 37.3. The molecule has 6 rings (SSSR count). The van der Waals surface area contributed by atoms with Crippen LogP contribution in [0.2, 0.25) is 0 Å². The van der Waals surface area contributed by atoms with Gasteiger partial charge in [-0.15, -0.1) is 0 Å². The average molecular weight is 716 g/mol. The van der Waals surface area contributed by atoms with E-state index in [0.717, 1.165) is 12.0 Å². The predicted octanol–water partition coefficient (Wildman–Crippen LogP) is 4.24. The lowest BCUT2D eigenvalue weighted by molar-refractivity contribution is -0.160. The summed E-state index contributed by atoms with van der Waals surface area (Å²) in [6.07, 6.45) is -1.36. The Morgan fingerprint density at radius 1 is 0.962 bits per heavy atom. The molecule has 3 aromatic carbocycles. The second kappa shape index (κ2) is 15.2. The summed E-state index contributed by atoms with van der Waals surface area (Å²) in [4.78, 5) is 53.8. The number of aliphatic hydroxyl groups excluding tert-OH is 1. The molecule has 3 aromatic rings. The Bertz CT molecular complexity index is 1870. The van der Waals surface area contributed by atoms with E-state index in [1.54, 1.807) is 0 Å². The number of benzene rings is 3. The van der Waals surface area contributed by atoms with Gasteiger partial charge in [-0.3, -0.25) is 19.2 Å². The van der Waals surface area contributed by atoms with Gasteiger partial charge in [0, 0.05) is 48.5 Å². The summed E-state index contributed by atoms with van der Waals surface area (Å²) in [6.45, 7) is 3.54. The molecule has 0 heterocycles. The largest absolute Gasteiger partial charge is 0.507 e. The van der Waals surface area contributed by atoms with Gasteiger partial charge < -0.3 is 40.0 Å². The molecule has 1 fully saturated rings. The molecule has 12 nitrogen and oxygen atoms in total. The van der Waals surface area contributed by atoms with Crippen LogP contribution in [0.5, 0.6) is 17.2 Å². The fraction of sp³-hybridized carbons (Fsp3) is 0.450. The molecule has 0 radical (unpaired) electrons. The van der Waals surface area contributed by atoms with Crippen molar-refractivity contribution in [2.45, 2.75) is 95.3 Å². The number of methoxy groups -OCH3 is 1. The fourth-order valence-corrected chi connectivity index (χ4v) is 7.78. The van der Waals surface area contributed by atoms with Crippen LogP contribution < -0.4 is 10.1 Å². The first-order chi connectivity index (χ1) is 24.9. The Balaban J connectivity index is 1.38. The average Bonchev–Trinajstić information content (AvgIpc) is 3.14. The van der Waals surface area contributed by atoms with Crippen molar-refractivity contribution >= 4 is 23.3 Å². The molecule has 5 N–H and O–H groups in total. The molecular weight excluding hydrogens is 670 g/mol. The number of aliphatic hydroxyl groups is 2. The lowest BCUT2D eigenvalue weighted by Gasteiger charge is -2.43. The SMILES string of the molecule is CCCCC(=O)OCC(=O)[C@@]1(O)Cc2c(O)c3c(c(O)c2[C@H](O[C@H]2C[C@H](NCc4ccccc4)[C@@H](O)[C@@H](C)C2)C1)C(=O)c1c(OC)cccc1C3=O. The Labute approximate surface area is 301 Å². The summed E-state index contributed by atoms with van der Waals surface area (Å²) >= 11 is 0. The smallest absolute Gasteiger partial charge is 0.306 e. The van der Waals surface area contributed by atoms with Crippen LogP contribution in [0.1, 0.15) is 107 Å². The van der Waals surface area contributed by atoms with Gasteiger partial charge in [-0.1, -0.05) is 62.7 Å². The van der Waals surface area contributed by atoms with Crippen molar-refractivity contribution < 1.29 is 53.8 Å². The molecule has 1 saturated carbocycles. The first-order valence-electron chi connectivity index (χ1n) is 17.8. The number of hydrogen-bond donors (Lipinski definition) is 5. The minimum Gasteiger partial charge on any atom is -0.507 e. The first-order valence-corrected chi connectivity index (χ1v) is 17.8. The third-order valence-electron chi connectivity index (χ3n) is 10.6. The molecule has 0 aromatic heterocycles. The number of Topliss-reactive ketones (excluding diaryl/α,β-unsaturated/α-hetero) is 1. The van der Waals surface area contributed by atoms with Crippen LogP contribution in [0, 0.1) is 5.92 Å². The topological polar surface area (TPSA) is 189 Å². The second-order valence-electron chi connectivity index (χ2n) is 14.1. The minimum absolute atomic E-state index is 0.0271. The highest BCUT2D eigenvalue weighted by Crippen LogP contribution is 2.52. The number of fused-ring (bicyclic) bond motifs is 3. The summed E-state index contributed by atoms with van der Waals surface area (Å²) in [5.74, 6) is -4.32. The van der Waals surface area contributed by atoms with Crippen LogP contribution in [0.3, 0.4) is 0 Å². The molecule has 0 spiro atoms. The van der Waals surface area contributed by atoms with E-state index >= 15 is 0 Å². The standard InChI is InChI=1S/C40H45NO11/c1-4-5-14-30(43)51-20-29(42)40(49)17-25-32(39(48)34-33(37(25)46)36(45)24-12-9-13-27(50-3)31(24)38(34)47)28(18-40)52-23-15-21(2)35(44)26(16-23)41-19-22-10-7-6-8-11-22/h6-13,21,23,26,28,35,41,44,46,48-49H,4-5,14-20H2,1-3H3/t21-,23+,26-,28+,35-,40+/m0/s1. The normalized spacial score (nSPS) is 25.1. The highest BCUT2D eigenvalue weighted by molar-refractivity contribution is 6.31. The number of carbonyl (C=O) groups is 4. The lowest BCUT2D eigenvalue weighted by atomic mass is 9.71. The molecular formula is C40H45NO11. The highest BCUT2D eigenvalue weighted by atomic mass is 16.5. The first kappa shape index (κ1) is 37.1. The maximum absolute atomic E-state index is 14.0. The summed E-state index contributed by atoms with van der Waals surface area (Å²) in [5, 5.41) is 50.2. The van der Waals surface area contributed by atoms with E-state index in [1.807, 2.05) is 44.2 Å². The number of unbranched alkanes of at least 4 members (excludes halogenated alkanes) is 1. The Morgan fingerprint density at radius 3 is 2.40 bits per heavy atom. The van der Waals surface area contributed by atoms with Crippen molar-refractivity contribution in [3.8, 4) is 17.2 Å². The summed E-state index contributed by atoms with van der Waals surface area (Å²) in [5.41, 5.74) is -2.36.